The standard InChI is InChI=1S/C14H18O2S.C11H20N2O/c1-13(2,3)14(4)8-11(16)10-6-5-9(15)7-12(10)17-14;1-11(2,3)12-6-7-13-9(8-12)4-5-10(13)14/h5-7,15H,8H2,1-4H3;9H,4-8H2,1-3H3. The minimum atomic E-state index is -0.120. The molecule has 1 N–H and O–H groups in total. The molecule has 2 atom stereocenters. The van der Waals surface area contributed by atoms with Crippen LogP contribution in [0.25, 0.3) is 0 Å². The fourth-order valence-corrected chi connectivity index (χ4v) is 5.86. The molecule has 31 heavy (non-hydrogen) atoms. The molecule has 0 aromatic heterocycles. The molecule has 0 bridgehead atoms. The number of Topliss-reactive ketones (excluding diaryl/α,β-unsaturated/α-hetero) is 1. The maximum absolute atomic E-state index is 12.2. The number of aromatic hydroxyl groups is 1. The van der Waals surface area contributed by atoms with Crippen molar-refractivity contribution in [2.24, 2.45) is 5.41 Å². The Morgan fingerprint density at radius 3 is 2.39 bits per heavy atom. The number of carbonyl (C=O) groups is 2. The molecule has 0 aliphatic carbocycles. The number of fused-ring (bicyclic) bond motifs is 2. The SMILES string of the molecule is CC(C)(C)C1(C)CC(=O)c2ccc(O)cc2S1.CC(C)(C)N1CCN2C(=O)CCC2C1. The zero-order valence-electron chi connectivity index (χ0n) is 20.1. The van der Waals surface area contributed by atoms with E-state index in [1.165, 1.54) is 0 Å². The highest BCUT2D eigenvalue weighted by Crippen LogP contribution is 2.52. The summed E-state index contributed by atoms with van der Waals surface area (Å²) >= 11 is 1.70. The number of benzene rings is 1. The van der Waals surface area contributed by atoms with Gasteiger partial charge in [-0.3, -0.25) is 14.5 Å². The second kappa shape index (κ2) is 8.43. The third-order valence-electron chi connectivity index (χ3n) is 7.13. The number of phenols is 1. The van der Waals surface area contributed by atoms with Gasteiger partial charge in [0.25, 0.3) is 0 Å². The average molecular weight is 447 g/mol. The van der Waals surface area contributed by atoms with E-state index in [1.807, 2.05) is 0 Å². The van der Waals surface area contributed by atoms with Crippen LogP contribution in [0.4, 0.5) is 0 Å². The van der Waals surface area contributed by atoms with Crippen molar-refractivity contribution in [1.82, 2.24) is 9.80 Å². The Labute approximate surface area is 191 Å². The van der Waals surface area contributed by atoms with E-state index in [4.69, 9.17) is 0 Å². The van der Waals surface area contributed by atoms with Gasteiger partial charge >= 0.3 is 0 Å². The molecule has 2 unspecified atom stereocenters. The minimum absolute atomic E-state index is 0.0382. The smallest absolute Gasteiger partial charge is 0.222 e. The molecule has 0 saturated carbocycles. The van der Waals surface area contributed by atoms with E-state index < -0.39 is 0 Å². The molecule has 3 aliphatic heterocycles. The lowest BCUT2D eigenvalue weighted by atomic mass is 9.77. The molecule has 3 aliphatic rings. The van der Waals surface area contributed by atoms with Gasteiger partial charge in [0.05, 0.1) is 0 Å². The van der Waals surface area contributed by atoms with Gasteiger partial charge in [0.1, 0.15) is 5.75 Å². The van der Waals surface area contributed by atoms with Gasteiger partial charge in [-0.25, -0.2) is 0 Å². The summed E-state index contributed by atoms with van der Waals surface area (Å²) in [6.07, 6.45) is 2.38. The maximum Gasteiger partial charge on any atom is 0.222 e. The molecule has 2 saturated heterocycles. The highest BCUT2D eigenvalue weighted by molar-refractivity contribution is 8.01. The van der Waals surface area contributed by atoms with E-state index in [1.54, 1.807) is 30.0 Å². The van der Waals surface area contributed by atoms with Crippen LogP contribution in [0.15, 0.2) is 23.1 Å². The fourth-order valence-electron chi connectivity index (χ4n) is 4.40. The molecule has 0 radical (unpaired) electrons. The van der Waals surface area contributed by atoms with Gasteiger partial charge in [-0.2, -0.15) is 0 Å². The van der Waals surface area contributed by atoms with Crippen LogP contribution in [-0.4, -0.2) is 62.6 Å². The number of hydrogen-bond acceptors (Lipinski definition) is 5. The molecule has 4 rings (SSSR count). The summed E-state index contributed by atoms with van der Waals surface area (Å²) in [7, 11) is 0. The highest BCUT2D eigenvalue weighted by Gasteiger charge is 2.44. The summed E-state index contributed by atoms with van der Waals surface area (Å²) in [4.78, 5) is 29.1. The van der Waals surface area contributed by atoms with E-state index in [9.17, 15) is 14.7 Å². The van der Waals surface area contributed by atoms with Crippen LogP contribution in [0.3, 0.4) is 0 Å². The number of piperazine rings is 1. The van der Waals surface area contributed by atoms with Crippen molar-refractivity contribution in [3.63, 3.8) is 0 Å². The topological polar surface area (TPSA) is 60.9 Å². The molecule has 1 amide bonds. The zero-order valence-corrected chi connectivity index (χ0v) is 20.9. The summed E-state index contributed by atoms with van der Waals surface area (Å²) in [6.45, 7) is 18.4. The van der Waals surface area contributed by atoms with Crippen LogP contribution in [0.5, 0.6) is 5.75 Å². The van der Waals surface area contributed by atoms with Crippen LogP contribution in [-0.2, 0) is 4.79 Å². The van der Waals surface area contributed by atoms with E-state index in [0.29, 0.717) is 18.4 Å². The summed E-state index contributed by atoms with van der Waals surface area (Å²) in [6, 6.07) is 5.50. The largest absolute Gasteiger partial charge is 0.508 e. The first-order valence-corrected chi connectivity index (χ1v) is 12.1. The quantitative estimate of drug-likeness (QED) is 0.610. The first kappa shape index (κ1) is 24.1. The van der Waals surface area contributed by atoms with E-state index in [-0.39, 0.29) is 27.2 Å². The van der Waals surface area contributed by atoms with Gasteiger partial charge in [0, 0.05) is 59.3 Å². The Hall–Kier alpha value is -1.53. The number of phenolic OH excluding ortho intramolecular Hbond substituents is 1. The number of thioether (sulfide) groups is 1. The third kappa shape index (κ3) is 5.11. The lowest BCUT2D eigenvalue weighted by molar-refractivity contribution is -0.131. The predicted molar refractivity (Wildman–Crippen MR) is 127 cm³/mol. The second-order valence-corrected chi connectivity index (χ2v) is 12.8. The van der Waals surface area contributed by atoms with Crippen molar-refractivity contribution >= 4 is 23.5 Å². The van der Waals surface area contributed by atoms with E-state index >= 15 is 0 Å². The lowest BCUT2D eigenvalue weighted by Gasteiger charge is -2.44. The average Bonchev–Trinajstić information content (AvgIpc) is 3.01. The summed E-state index contributed by atoms with van der Waals surface area (Å²) < 4.78 is -0.120. The number of rotatable bonds is 0. The first-order valence-electron chi connectivity index (χ1n) is 11.3. The Balaban J connectivity index is 0.000000179. The van der Waals surface area contributed by atoms with Gasteiger partial charge in [-0.05, 0) is 57.7 Å². The van der Waals surface area contributed by atoms with Gasteiger partial charge in [-0.1, -0.05) is 20.8 Å². The number of amides is 1. The van der Waals surface area contributed by atoms with Crippen LogP contribution in [0.1, 0.15) is 78.1 Å². The summed E-state index contributed by atoms with van der Waals surface area (Å²) in [5.74, 6) is 0.766. The van der Waals surface area contributed by atoms with Crippen LogP contribution in [0, 0.1) is 5.41 Å². The Kier molecular flexibility index (Phi) is 6.56. The molecule has 6 heteroatoms. The maximum atomic E-state index is 12.2. The number of hydrogen-bond donors (Lipinski definition) is 1. The molecule has 2 fully saturated rings. The second-order valence-electron chi connectivity index (χ2n) is 11.3. The van der Waals surface area contributed by atoms with Crippen molar-refractivity contribution < 1.29 is 14.7 Å². The summed E-state index contributed by atoms with van der Waals surface area (Å²) in [5.41, 5.74) is 1.03. The molecule has 3 heterocycles. The molecular formula is C25H38N2O3S. The highest BCUT2D eigenvalue weighted by atomic mass is 32.2. The number of ketones is 1. The van der Waals surface area contributed by atoms with Crippen LogP contribution < -0.4 is 0 Å². The molecule has 1 aromatic rings. The monoisotopic (exact) mass is 446 g/mol. The van der Waals surface area contributed by atoms with Crippen molar-refractivity contribution in [2.45, 2.75) is 89.0 Å². The Morgan fingerprint density at radius 2 is 1.77 bits per heavy atom. The van der Waals surface area contributed by atoms with Crippen molar-refractivity contribution in [3.05, 3.63) is 23.8 Å². The van der Waals surface area contributed by atoms with Crippen molar-refractivity contribution in [3.8, 4) is 5.75 Å². The lowest BCUT2D eigenvalue weighted by Crippen LogP contribution is -2.56. The normalized spacial score (nSPS) is 26.8. The molecule has 0 spiro atoms. The first-order chi connectivity index (χ1) is 14.2. The molecule has 5 nitrogen and oxygen atoms in total. The van der Waals surface area contributed by atoms with Crippen LogP contribution >= 0.6 is 11.8 Å². The summed E-state index contributed by atoms with van der Waals surface area (Å²) in [5, 5.41) is 9.52. The Morgan fingerprint density at radius 1 is 1.10 bits per heavy atom. The fraction of sp³-hybridized carbons (Fsp3) is 0.680. The zero-order chi connectivity index (χ0) is 23.2. The predicted octanol–water partition coefficient (Wildman–Crippen LogP) is 4.97. The molecule has 172 valence electrons. The molecular weight excluding hydrogens is 408 g/mol. The van der Waals surface area contributed by atoms with Gasteiger partial charge in [-0.15, -0.1) is 11.8 Å². The van der Waals surface area contributed by atoms with Crippen molar-refractivity contribution in [2.75, 3.05) is 19.6 Å². The third-order valence-corrected chi connectivity index (χ3v) is 8.89. The van der Waals surface area contributed by atoms with Crippen LogP contribution in [0.2, 0.25) is 0 Å². The van der Waals surface area contributed by atoms with Gasteiger partial charge < -0.3 is 10.0 Å². The van der Waals surface area contributed by atoms with Gasteiger partial charge in [0.2, 0.25) is 5.91 Å². The minimum Gasteiger partial charge on any atom is -0.508 e. The molecule has 1 aromatic carbocycles. The number of carbonyl (C=O) groups excluding carboxylic acids is 2. The van der Waals surface area contributed by atoms with Gasteiger partial charge in [0.15, 0.2) is 5.78 Å². The van der Waals surface area contributed by atoms with E-state index in [0.717, 1.165) is 42.9 Å². The number of nitrogens with zero attached hydrogens (tertiary/aromatic N) is 2. The van der Waals surface area contributed by atoms with E-state index in [2.05, 4.69) is 58.3 Å². The van der Waals surface area contributed by atoms with Crippen molar-refractivity contribution in [1.29, 1.82) is 0 Å². The Bertz CT molecular complexity index is 855.